The van der Waals surface area contributed by atoms with Crippen LogP contribution in [0, 0.1) is 0 Å². The lowest BCUT2D eigenvalue weighted by Crippen LogP contribution is -2.50. The number of amides is 1. The van der Waals surface area contributed by atoms with Gasteiger partial charge in [-0.05, 0) is 43.0 Å². The summed E-state index contributed by atoms with van der Waals surface area (Å²) in [5, 5.41) is 0.911. The van der Waals surface area contributed by atoms with Crippen LogP contribution < -0.4 is 0 Å². The number of nitrogens with zero attached hydrogens (tertiary/aromatic N) is 1. The van der Waals surface area contributed by atoms with Crippen molar-refractivity contribution in [2.45, 2.75) is 31.6 Å². The average molecular weight is 420 g/mol. The highest BCUT2D eigenvalue weighted by Crippen LogP contribution is 2.37. The largest absolute Gasteiger partial charge is 0.465 e. The van der Waals surface area contributed by atoms with Gasteiger partial charge >= 0.3 is 5.97 Å². The highest BCUT2D eigenvalue weighted by Gasteiger charge is 2.44. The Labute approximate surface area is 175 Å². The summed E-state index contributed by atoms with van der Waals surface area (Å²) in [4.78, 5) is 27.4. The number of esters is 1. The van der Waals surface area contributed by atoms with Crippen molar-refractivity contribution < 1.29 is 14.3 Å². The monoisotopic (exact) mass is 419 g/mol. The molecule has 28 heavy (non-hydrogen) atoms. The zero-order chi connectivity index (χ0) is 20.1. The highest BCUT2D eigenvalue weighted by atomic mass is 35.5. The van der Waals surface area contributed by atoms with E-state index in [9.17, 15) is 9.59 Å². The number of carbonyl (C=O) groups excluding carboxylic acids is 2. The second-order valence-corrected chi connectivity index (χ2v) is 7.79. The molecule has 0 unspecified atom stereocenters. The minimum Gasteiger partial charge on any atom is -0.465 e. The Morgan fingerprint density at radius 3 is 2.32 bits per heavy atom. The summed E-state index contributed by atoms with van der Waals surface area (Å²) >= 11 is 12.0. The first-order chi connectivity index (χ1) is 13.5. The van der Waals surface area contributed by atoms with Crippen molar-refractivity contribution in [2.75, 3.05) is 19.7 Å². The molecular formula is C22H23Cl2NO3. The molecule has 6 heteroatoms. The van der Waals surface area contributed by atoms with Gasteiger partial charge in [0, 0.05) is 13.1 Å². The standard InChI is InChI=1S/C22H23Cl2NO3/c1-2-28-21(27)22(17-6-4-3-5-7-17)10-12-25(13-11-22)20(26)15-16-8-9-18(23)19(24)14-16/h3-9,14H,2,10-13,15H2,1H3. The van der Waals surface area contributed by atoms with Gasteiger partial charge in [-0.2, -0.15) is 0 Å². The zero-order valence-corrected chi connectivity index (χ0v) is 17.3. The molecule has 0 atom stereocenters. The molecule has 2 aromatic carbocycles. The van der Waals surface area contributed by atoms with Crippen LogP contribution in [-0.4, -0.2) is 36.5 Å². The zero-order valence-electron chi connectivity index (χ0n) is 15.8. The molecule has 1 aliphatic heterocycles. The third-order valence-electron chi connectivity index (χ3n) is 5.30. The second-order valence-electron chi connectivity index (χ2n) is 6.97. The second kappa shape index (κ2) is 8.97. The van der Waals surface area contributed by atoms with Crippen LogP contribution in [-0.2, 0) is 26.2 Å². The van der Waals surface area contributed by atoms with Crippen molar-refractivity contribution in [1.29, 1.82) is 0 Å². The SMILES string of the molecule is CCOC(=O)C1(c2ccccc2)CCN(C(=O)Cc2ccc(Cl)c(Cl)c2)CC1. The molecule has 2 aromatic rings. The lowest BCUT2D eigenvalue weighted by atomic mass is 9.72. The fourth-order valence-corrected chi connectivity index (χ4v) is 4.03. The first kappa shape index (κ1) is 20.7. The van der Waals surface area contributed by atoms with E-state index < -0.39 is 5.41 Å². The van der Waals surface area contributed by atoms with Crippen LogP contribution in [0.4, 0.5) is 0 Å². The van der Waals surface area contributed by atoms with Crippen molar-refractivity contribution in [3.05, 3.63) is 69.7 Å². The van der Waals surface area contributed by atoms with E-state index in [1.54, 1.807) is 12.1 Å². The fraction of sp³-hybridized carbons (Fsp3) is 0.364. The maximum absolute atomic E-state index is 12.8. The van der Waals surface area contributed by atoms with Gasteiger partial charge in [0.15, 0.2) is 0 Å². The lowest BCUT2D eigenvalue weighted by molar-refractivity contribution is -0.154. The third kappa shape index (κ3) is 4.34. The topological polar surface area (TPSA) is 46.6 Å². The number of benzene rings is 2. The Morgan fingerprint density at radius 1 is 1.04 bits per heavy atom. The van der Waals surface area contributed by atoms with Gasteiger partial charge in [0.1, 0.15) is 0 Å². The van der Waals surface area contributed by atoms with Crippen LogP contribution in [0.1, 0.15) is 30.9 Å². The molecule has 1 aliphatic rings. The Morgan fingerprint density at radius 2 is 1.71 bits per heavy atom. The lowest BCUT2D eigenvalue weighted by Gasteiger charge is -2.40. The predicted molar refractivity (Wildman–Crippen MR) is 111 cm³/mol. The first-order valence-corrected chi connectivity index (χ1v) is 10.2. The number of hydrogen-bond donors (Lipinski definition) is 0. The van der Waals surface area contributed by atoms with E-state index in [0.717, 1.165) is 11.1 Å². The third-order valence-corrected chi connectivity index (χ3v) is 6.04. The van der Waals surface area contributed by atoms with Gasteiger partial charge in [0.2, 0.25) is 5.91 Å². The van der Waals surface area contributed by atoms with Crippen molar-refractivity contribution >= 4 is 35.1 Å². The van der Waals surface area contributed by atoms with Crippen LogP contribution >= 0.6 is 23.2 Å². The Kier molecular flexibility index (Phi) is 6.63. The number of carbonyl (C=O) groups is 2. The Bertz CT molecular complexity index is 846. The summed E-state index contributed by atoms with van der Waals surface area (Å²) < 4.78 is 5.39. The number of hydrogen-bond acceptors (Lipinski definition) is 3. The molecule has 0 spiro atoms. The number of rotatable bonds is 5. The van der Waals surface area contributed by atoms with E-state index in [4.69, 9.17) is 27.9 Å². The van der Waals surface area contributed by atoms with Crippen LogP contribution in [0.25, 0.3) is 0 Å². The van der Waals surface area contributed by atoms with Crippen LogP contribution in [0.2, 0.25) is 10.0 Å². The van der Waals surface area contributed by atoms with E-state index in [0.29, 0.717) is 42.6 Å². The molecule has 0 saturated carbocycles. The van der Waals surface area contributed by atoms with Gasteiger partial charge < -0.3 is 9.64 Å². The minimum atomic E-state index is -0.697. The molecule has 1 heterocycles. The van der Waals surface area contributed by atoms with Gasteiger partial charge in [-0.1, -0.05) is 59.6 Å². The van der Waals surface area contributed by atoms with Crippen molar-refractivity contribution in [2.24, 2.45) is 0 Å². The molecule has 0 N–H and O–H groups in total. The van der Waals surface area contributed by atoms with Crippen LogP contribution in [0.5, 0.6) is 0 Å². The molecule has 1 fully saturated rings. The maximum Gasteiger partial charge on any atom is 0.316 e. The van der Waals surface area contributed by atoms with Crippen molar-refractivity contribution in [3.8, 4) is 0 Å². The van der Waals surface area contributed by atoms with E-state index in [1.807, 2.05) is 48.2 Å². The number of piperidine rings is 1. The molecule has 1 amide bonds. The van der Waals surface area contributed by atoms with E-state index in [1.165, 1.54) is 0 Å². The normalized spacial score (nSPS) is 15.9. The predicted octanol–water partition coefficient (Wildman–Crippen LogP) is 4.66. The summed E-state index contributed by atoms with van der Waals surface area (Å²) in [6, 6.07) is 14.9. The van der Waals surface area contributed by atoms with Gasteiger partial charge in [-0.25, -0.2) is 0 Å². The molecule has 148 valence electrons. The van der Waals surface area contributed by atoms with Gasteiger partial charge in [0.05, 0.1) is 28.5 Å². The van der Waals surface area contributed by atoms with Crippen LogP contribution in [0.3, 0.4) is 0 Å². The van der Waals surface area contributed by atoms with Crippen LogP contribution in [0.15, 0.2) is 48.5 Å². The molecule has 0 radical (unpaired) electrons. The molecule has 0 bridgehead atoms. The fourth-order valence-electron chi connectivity index (χ4n) is 3.71. The summed E-state index contributed by atoms with van der Waals surface area (Å²) in [6.45, 7) is 3.17. The van der Waals surface area contributed by atoms with Gasteiger partial charge in [0.25, 0.3) is 0 Å². The summed E-state index contributed by atoms with van der Waals surface area (Å²) in [6.07, 6.45) is 1.35. The Balaban J connectivity index is 1.72. The molecule has 0 aliphatic carbocycles. The number of likely N-dealkylation sites (tertiary alicyclic amines) is 1. The Hall–Kier alpha value is -2.04. The molecule has 4 nitrogen and oxygen atoms in total. The van der Waals surface area contributed by atoms with Gasteiger partial charge in [-0.3, -0.25) is 9.59 Å². The first-order valence-electron chi connectivity index (χ1n) is 9.41. The highest BCUT2D eigenvalue weighted by molar-refractivity contribution is 6.42. The quantitative estimate of drug-likeness (QED) is 0.661. The van der Waals surface area contributed by atoms with E-state index >= 15 is 0 Å². The summed E-state index contributed by atoms with van der Waals surface area (Å²) in [5.41, 5.74) is 1.08. The number of ether oxygens (including phenoxy) is 1. The van der Waals surface area contributed by atoms with E-state index in [2.05, 4.69) is 0 Å². The molecular weight excluding hydrogens is 397 g/mol. The maximum atomic E-state index is 12.8. The van der Waals surface area contributed by atoms with Crippen molar-refractivity contribution in [3.63, 3.8) is 0 Å². The average Bonchev–Trinajstić information content (AvgIpc) is 2.71. The summed E-state index contributed by atoms with van der Waals surface area (Å²) in [5.74, 6) is -0.193. The van der Waals surface area contributed by atoms with Crippen molar-refractivity contribution in [1.82, 2.24) is 4.90 Å². The van der Waals surface area contributed by atoms with E-state index in [-0.39, 0.29) is 18.3 Å². The molecule has 1 saturated heterocycles. The molecule has 3 rings (SSSR count). The summed E-state index contributed by atoms with van der Waals surface area (Å²) in [7, 11) is 0. The molecule has 0 aromatic heterocycles. The smallest absolute Gasteiger partial charge is 0.316 e. The minimum absolute atomic E-state index is 0.0175. The van der Waals surface area contributed by atoms with Gasteiger partial charge in [-0.15, -0.1) is 0 Å². The number of halogens is 2.